The van der Waals surface area contributed by atoms with E-state index in [9.17, 15) is 8.78 Å². The number of alkyl halides is 2. The Morgan fingerprint density at radius 1 is 1.18 bits per heavy atom. The zero-order valence-electron chi connectivity index (χ0n) is 6.30. The molecule has 68 valence electrons. The molecule has 0 unspecified atom stereocenters. The van der Waals surface area contributed by atoms with Gasteiger partial charge in [0.05, 0.1) is 6.04 Å². The highest BCUT2D eigenvalue weighted by Crippen LogP contribution is 2.28. The number of rotatable bonds is 2. The van der Waals surface area contributed by atoms with Gasteiger partial charge in [0.25, 0.3) is 6.43 Å². The van der Waals surface area contributed by atoms with Crippen molar-refractivity contribution >= 4 is 12.4 Å². The molecule has 1 fully saturated rings. The molecule has 0 saturated heterocycles. The van der Waals surface area contributed by atoms with E-state index in [1.165, 1.54) is 0 Å². The first-order valence-electron chi connectivity index (χ1n) is 3.75. The molecule has 1 nitrogen and oxygen atoms in total. The van der Waals surface area contributed by atoms with Gasteiger partial charge in [-0.25, -0.2) is 8.78 Å². The SMILES string of the molecule is Cl.N[C@@H](C(F)F)C1CCCC1. The first-order chi connectivity index (χ1) is 4.72. The molecule has 1 aliphatic carbocycles. The van der Waals surface area contributed by atoms with Gasteiger partial charge >= 0.3 is 0 Å². The molecule has 4 heteroatoms. The Balaban J connectivity index is 0.000001000. The molecule has 0 aromatic carbocycles. The van der Waals surface area contributed by atoms with E-state index in [0.29, 0.717) is 0 Å². The summed E-state index contributed by atoms with van der Waals surface area (Å²) in [6, 6.07) is -0.873. The Kier molecular flexibility index (Phi) is 4.93. The Labute approximate surface area is 71.7 Å². The fraction of sp³-hybridized carbons (Fsp3) is 1.00. The first kappa shape index (κ1) is 11.1. The molecule has 0 bridgehead atoms. The molecule has 0 amide bonds. The lowest BCUT2D eigenvalue weighted by Gasteiger charge is -2.16. The molecule has 0 aliphatic heterocycles. The highest BCUT2D eigenvalue weighted by Gasteiger charge is 2.28. The van der Waals surface area contributed by atoms with Gasteiger partial charge in [-0.15, -0.1) is 12.4 Å². The van der Waals surface area contributed by atoms with Crippen LogP contribution in [0.15, 0.2) is 0 Å². The van der Waals surface area contributed by atoms with Crippen LogP contribution in [0.5, 0.6) is 0 Å². The van der Waals surface area contributed by atoms with Crippen molar-refractivity contribution in [1.29, 1.82) is 0 Å². The second kappa shape index (κ2) is 4.88. The standard InChI is InChI=1S/C7H13F2N.ClH/c8-7(9)6(10)5-3-1-2-4-5;/h5-7H,1-4,10H2;1H/t6-;/m1./s1. The molecular formula is C7H14ClF2N. The second-order valence-electron chi connectivity index (χ2n) is 2.96. The van der Waals surface area contributed by atoms with Crippen LogP contribution >= 0.6 is 12.4 Å². The molecule has 1 atom stereocenters. The monoisotopic (exact) mass is 185 g/mol. The molecule has 0 radical (unpaired) electrons. The maximum absolute atomic E-state index is 12.0. The largest absolute Gasteiger partial charge is 0.323 e. The third kappa shape index (κ3) is 2.91. The van der Waals surface area contributed by atoms with Gasteiger partial charge in [0.1, 0.15) is 0 Å². The number of halogens is 3. The fourth-order valence-corrected chi connectivity index (χ4v) is 1.55. The van der Waals surface area contributed by atoms with Gasteiger partial charge in [-0.2, -0.15) is 0 Å². The molecule has 1 aliphatic rings. The van der Waals surface area contributed by atoms with Gasteiger partial charge in [-0.1, -0.05) is 12.8 Å². The topological polar surface area (TPSA) is 26.0 Å². The van der Waals surface area contributed by atoms with Crippen molar-refractivity contribution < 1.29 is 8.78 Å². The molecule has 0 aromatic heterocycles. The first-order valence-corrected chi connectivity index (χ1v) is 3.75. The van der Waals surface area contributed by atoms with E-state index < -0.39 is 12.5 Å². The molecular weight excluding hydrogens is 172 g/mol. The minimum atomic E-state index is -2.33. The molecule has 1 rings (SSSR count). The second-order valence-corrected chi connectivity index (χ2v) is 2.96. The van der Waals surface area contributed by atoms with Crippen LogP contribution in [0.1, 0.15) is 25.7 Å². The van der Waals surface area contributed by atoms with Crippen LogP contribution in [0, 0.1) is 5.92 Å². The summed E-state index contributed by atoms with van der Waals surface area (Å²) in [5.41, 5.74) is 5.27. The van der Waals surface area contributed by atoms with Gasteiger partial charge in [-0.3, -0.25) is 0 Å². The third-order valence-electron chi connectivity index (χ3n) is 2.24. The molecule has 2 N–H and O–H groups in total. The summed E-state index contributed by atoms with van der Waals surface area (Å²) in [7, 11) is 0. The summed E-state index contributed by atoms with van der Waals surface area (Å²) >= 11 is 0. The van der Waals surface area contributed by atoms with Crippen LogP contribution in [0.2, 0.25) is 0 Å². The van der Waals surface area contributed by atoms with Gasteiger partial charge in [0.15, 0.2) is 0 Å². The smallest absolute Gasteiger partial charge is 0.253 e. The lowest BCUT2D eigenvalue weighted by atomic mass is 10.00. The Hall–Kier alpha value is 0.110. The van der Waals surface area contributed by atoms with Crippen molar-refractivity contribution in [3.05, 3.63) is 0 Å². The van der Waals surface area contributed by atoms with Crippen molar-refractivity contribution in [2.45, 2.75) is 38.2 Å². The Bertz CT molecular complexity index is 105. The summed E-state index contributed by atoms with van der Waals surface area (Å²) in [5.74, 6) is 0.0833. The summed E-state index contributed by atoms with van der Waals surface area (Å²) in [5, 5.41) is 0. The van der Waals surface area contributed by atoms with Crippen molar-refractivity contribution in [2.75, 3.05) is 0 Å². The minimum absolute atomic E-state index is 0. The lowest BCUT2D eigenvalue weighted by Crippen LogP contribution is -2.35. The van der Waals surface area contributed by atoms with Crippen LogP contribution in [0.25, 0.3) is 0 Å². The van der Waals surface area contributed by atoms with E-state index in [0.717, 1.165) is 25.7 Å². The summed E-state index contributed by atoms with van der Waals surface area (Å²) in [6.07, 6.45) is 1.61. The minimum Gasteiger partial charge on any atom is -0.323 e. The molecule has 0 aromatic rings. The van der Waals surface area contributed by atoms with Crippen molar-refractivity contribution in [3.63, 3.8) is 0 Å². The zero-order valence-corrected chi connectivity index (χ0v) is 7.12. The molecule has 0 heterocycles. The summed E-state index contributed by atoms with van der Waals surface area (Å²) < 4.78 is 23.9. The quantitative estimate of drug-likeness (QED) is 0.701. The van der Waals surface area contributed by atoms with E-state index >= 15 is 0 Å². The number of nitrogens with two attached hydrogens (primary N) is 1. The predicted octanol–water partition coefficient (Wildman–Crippen LogP) is 2.19. The normalized spacial score (nSPS) is 21.8. The van der Waals surface area contributed by atoms with Crippen molar-refractivity contribution in [1.82, 2.24) is 0 Å². The highest BCUT2D eigenvalue weighted by atomic mass is 35.5. The number of hydrogen-bond acceptors (Lipinski definition) is 1. The summed E-state index contributed by atoms with van der Waals surface area (Å²) in [6.45, 7) is 0. The molecule has 1 saturated carbocycles. The van der Waals surface area contributed by atoms with E-state index in [4.69, 9.17) is 5.73 Å². The van der Waals surface area contributed by atoms with Gasteiger partial charge in [-0.05, 0) is 18.8 Å². The van der Waals surface area contributed by atoms with Gasteiger partial charge in [0, 0.05) is 0 Å². The van der Waals surface area contributed by atoms with Crippen LogP contribution in [-0.2, 0) is 0 Å². The Morgan fingerprint density at radius 3 is 2.00 bits per heavy atom. The van der Waals surface area contributed by atoms with Crippen LogP contribution < -0.4 is 5.73 Å². The van der Waals surface area contributed by atoms with Crippen LogP contribution in [0.3, 0.4) is 0 Å². The average molecular weight is 186 g/mol. The molecule has 0 spiro atoms. The Morgan fingerprint density at radius 2 is 1.64 bits per heavy atom. The van der Waals surface area contributed by atoms with Crippen molar-refractivity contribution in [3.8, 4) is 0 Å². The predicted molar refractivity (Wildman–Crippen MR) is 43.2 cm³/mol. The third-order valence-corrected chi connectivity index (χ3v) is 2.24. The molecule has 11 heavy (non-hydrogen) atoms. The maximum atomic E-state index is 12.0. The van der Waals surface area contributed by atoms with E-state index in [-0.39, 0.29) is 18.3 Å². The summed E-state index contributed by atoms with van der Waals surface area (Å²) in [4.78, 5) is 0. The number of hydrogen-bond donors (Lipinski definition) is 1. The maximum Gasteiger partial charge on any atom is 0.253 e. The van der Waals surface area contributed by atoms with Crippen molar-refractivity contribution in [2.24, 2.45) is 11.7 Å². The van der Waals surface area contributed by atoms with E-state index in [1.807, 2.05) is 0 Å². The van der Waals surface area contributed by atoms with Crippen LogP contribution in [-0.4, -0.2) is 12.5 Å². The highest BCUT2D eigenvalue weighted by molar-refractivity contribution is 5.85. The van der Waals surface area contributed by atoms with E-state index in [2.05, 4.69) is 0 Å². The zero-order chi connectivity index (χ0) is 7.56. The van der Waals surface area contributed by atoms with Crippen LogP contribution in [0.4, 0.5) is 8.78 Å². The van der Waals surface area contributed by atoms with Gasteiger partial charge < -0.3 is 5.73 Å². The fourth-order valence-electron chi connectivity index (χ4n) is 1.55. The van der Waals surface area contributed by atoms with E-state index in [1.54, 1.807) is 0 Å². The lowest BCUT2D eigenvalue weighted by molar-refractivity contribution is 0.0897. The van der Waals surface area contributed by atoms with Gasteiger partial charge in [0.2, 0.25) is 0 Å². The average Bonchev–Trinajstić information content (AvgIpc) is 2.36.